The van der Waals surface area contributed by atoms with Gasteiger partial charge in [0, 0.05) is 12.6 Å². The lowest BCUT2D eigenvalue weighted by atomic mass is 9.99. The van der Waals surface area contributed by atoms with Gasteiger partial charge in [-0.05, 0) is 23.6 Å². The van der Waals surface area contributed by atoms with Gasteiger partial charge in [0.1, 0.15) is 0 Å². The van der Waals surface area contributed by atoms with Crippen LogP contribution < -0.4 is 0 Å². The number of sulfonamides is 1. The van der Waals surface area contributed by atoms with E-state index in [0.29, 0.717) is 6.42 Å². The van der Waals surface area contributed by atoms with E-state index in [1.807, 2.05) is 60.7 Å². The molecule has 0 fully saturated rings. The average molecular weight is 410 g/mol. The number of para-hydroxylation sites is 1. The van der Waals surface area contributed by atoms with Gasteiger partial charge in [-0.1, -0.05) is 79.7 Å². The van der Waals surface area contributed by atoms with Crippen LogP contribution in [-0.4, -0.2) is 24.2 Å². The Morgan fingerprint density at radius 1 is 0.897 bits per heavy atom. The van der Waals surface area contributed by atoms with Crippen molar-refractivity contribution in [3.05, 3.63) is 106 Å². The summed E-state index contributed by atoms with van der Waals surface area (Å²) in [6.45, 7) is 1.92. The van der Waals surface area contributed by atoms with E-state index in [-0.39, 0.29) is 11.4 Å². The quantitative estimate of drug-likeness (QED) is 0.402. The highest BCUT2D eigenvalue weighted by Crippen LogP contribution is 2.33. The Kier molecular flexibility index (Phi) is 6.41. The lowest BCUT2D eigenvalue weighted by Crippen LogP contribution is -2.36. The molecule has 0 radical (unpaired) electrons. The summed E-state index contributed by atoms with van der Waals surface area (Å²) in [6.07, 6.45) is 0.457. The lowest BCUT2D eigenvalue weighted by Gasteiger charge is -2.30. The van der Waals surface area contributed by atoms with Gasteiger partial charge in [0.15, 0.2) is 4.90 Å². The largest absolute Gasteiger partial charge is 0.289 e. The van der Waals surface area contributed by atoms with Crippen LogP contribution in [0.25, 0.3) is 0 Å². The maximum Gasteiger partial charge on any atom is 0.289 e. The van der Waals surface area contributed by atoms with Gasteiger partial charge >= 0.3 is 0 Å². The van der Waals surface area contributed by atoms with E-state index in [1.54, 1.807) is 6.92 Å². The predicted octanol–water partition coefficient (Wildman–Crippen LogP) is 4.59. The fourth-order valence-electron chi connectivity index (χ4n) is 3.41. The Bertz CT molecular complexity index is 1070. The summed E-state index contributed by atoms with van der Waals surface area (Å²) in [5.41, 5.74) is 1.40. The van der Waals surface area contributed by atoms with Crippen molar-refractivity contribution in [2.75, 3.05) is 6.54 Å². The fraction of sp³-hybridized carbons (Fsp3) is 0.182. The van der Waals surface area contributed by atoms with Crippen LogP contribution in [0.4, 0.5) is 5.69 Å². The number of hydrogen-bond acceptors (Lipinski definition) is 4. The highest BCUT2D eigenvalue weighted by molar-refractivity contribution is 7.89. The first-order valence-corrected chi connectivity index (χ1v) is 10.7. The normalized spacial score (nSPS) is 12.6. The summed E-state index contributed by atoms with van der Waals surface area (Å²) in [5.74, 6) is 0. The zero-order valence-corrected chi connectivity index (χ0v) is 16.8. The zero-order valence-electron chi connectivity index (χ0n) is 16.0. The molecule has 0 bridgehead atoms. The summed E-state index contributed by atoms with van der Waals surface area (Å²) in [5, 5.41) is 11.4. The molecular formula is C22H22N2O4S. The van der Waals surface area contributed by atoms with Crippen molar-refractivity contribution < 1.29 is 13.3 Å². The SMILES string of the molecule is CCN([C@H](Cc1ccccc1)c1ccccc1)S(=O)(=O)c1ccccc1[N+](=O)[O-]. The number of nitrogens with zero attached hydrogens (tertiary/aromatic N) is 2. The molecule has 150 valence electrons. The first kappa shape index (κ1) is 20.7. The molecule has 0 N–H and O–H groups in total. The molecular weight excluding hydrogens is 388 g/mol. The number of rotatable bonds is 8. The van der Waals surface area contributed by atoms with Crippen LogP contribution in [0.3, 0.4) is 0 Å². The summed E-state index contributed by atoms with van der Waals surface area (Å²) >= 11 is 0. The molecule has 0 saturated carbocycles. The first-order chi connectivity index (χ1) is 13.9. The smallest absolute Gasteiger partial charge is 0.258 e. The minimum absolute atomic E-state index is 0.181. The summed E-state index contributed by atoms with van der Waals surface area (Å²) in [7, 11) is -4.10. The number of benzene rings is 3. The van der Waals surface area contributed by atoms with E-state index in [2.05, 4.69) is 0 Å². The zero-order chi connectivity index (χ0) is 20.9. The van der Waals surface area contributed by atoms with Crippen LogP contribution in [0, 0.1) is 10.1 Å². The second-order valence-electron chi connectivity index (χ2n) is 6.55. The van der Waals surface area contributed by atoms with Crippen LogP contribution in [0.1, 0.15) is 24.1 Å². The average Bonchev–Trinajstić information content (AvgIpc) is 2.74. The lowest BCUT2D eigenvalue weighted by molar-refractivity contribution is -0.387. The van der Waals surface area contributed by atoms with E-state index in [9.17, 15) is 18.5 Å². The predicted molar refractivity (Wildman–Crippen MR) is 112 cm³/mol. The molecule has 1 atom stereocenters. The molecule has 29 heavy (non-hydrogen) atoms. The molecule has 0 spiro atoms. The summed E-state index contributed by atoms with van der Waals surface area (Å²) in [6, 6.07) is 23.9. The molecule has 3 rings (SSSR count). The molecule has 3 aromatic rings. The van der Waals surface area contributed by atoms with Gasteiger partial charge in [0.2, 0.25) is 10.0 Å². The standard InChI is InChI=1S/C22H22N2O4S/c1-2-23(29(27,28)22-16-10-9-15-20(22)24(25)26)21(19-13-7-4-8-14-19)17-18-11-5-3-6-12-18/h3-16,21H,2,17H2,1H3/t21-/m1/s1. The molecule has 0 heterocycles. The molecule has 0 aromatic heterocycles. The first-order valence-electron chi connectivity index (χ1n) is 9.29. The molecule has 0 unspecified atom stereocenters. The van der Waals surface area contributed by atoms with Crippen LogP contribution in [-0.2, 0) is 16.4 Å². The molecule has 0 saturated heterocycles. The Balaban J connectivity index is 2.11. The van der Waals surface area contributed by atoms with Crippen molar-refractivity contribution in [3.63, 3.8) is 0 Å². The van der Waals surface area contributed by atoms with Crippen molar-refractivity contribution in [1.82, 2.24) is 4.31 Å². The Labute approximate surface area is 170 Å². The van der Waals surface area contributed by atoms with Crippen molar-refractivity contribution in [3.8, 4) is 0 Å². The van der Waals surface area contributed by atoms with E-state index in [0.717, 1.165) is 11.1 Å². The van der Waals surface area contributed by atoms with Gasteiger partial charge < -0.3 is 0 Å². The minimum atomic E-state index is -4.10. The summed E-state index contributed by atoms with van der Waals surface area (Å²) in [4.78, 5) is 10.5. The third kappa shape index (κ3) is 4.52. The van der Waals surface area contributed by atoms with Crippen LogP contribution >= 0.6 is 0 Å². The number of hydrogen-bond donors (Lipinski definition) is 0. The number of nitro groups is 1. The highest BCUT2D eigenvalue weighted by atomic mass is 32.2. The maximum atomic E-state index is 13.5. The fourth-order valence-corrected chi connectivity index (χ4v) is 5.19. The van der Waals surface area contributed by atoms with E-state index in [1.165, 1.54) is 28.6 Å². The molecule has 0 amide bonds. The maximum absolute atomic E-state index is 13.5. The van der Waals surface area contributed by atoms with Gasteiger partial charge in [-0.25, -0.2) is 8.42 Å². The minimum Gasteiger partial charge on any atom is -0.258 e. The molecule has 0 aliphatic rings. The van der Waals surface area contributed by atoms with E-state index in [4.69, 9.17) is 0 Å². The third-order valence-electron chi connectivity index (χ3n) is 4.76. The third-order valence-corrected chi connectivity index (χ3v) is 6.80. The molecule has 3 aromatic carbocycles. The van der Waals surface area contributed by atoms with Crippen LogP contribution in [0.2, 0.25) is 0 Å². The van der Waals surface area contributed by atoms with Gasteiger partial charge in [-0.15, -0.1) is 0 Å². The van der Waals surface area contributed by atoms with Gasteiger partial charge in [-0.3, -0.25) is 10.1 Å². The topological polar surface area (TPSA) is 80.5 Å². The van der Waals surface area contributed by atoms with Crippen molar-refractivity contribution in [2.45, 2.75) is 24.3 Å². The molecule has 7 heteroatoms. The highest BCUT2D eigenvalue weighted by Gasteiger charge is 2.35. The second-order valence-corrected chi connectivity index (χ2v) is 8.41. The molecule has 6 nitrogen and oxygen atoms in total. The Morgan fingerprint density at radius 3 is 2.03 bits per heavy atom. The number of nitro benzene ring substituents is 1. The Hall–Kier alpha value is -3.03. The van der Waals surface area contributed by atoms with Gasteiger partial charge in [0.05, 0.1) is 11.0 Å². The molecule has 0 aliphatic carbocycles. The number of likely N-dealkylation sites (N-methyl/N-ethyl adjacent to an activating group) is 1. The van der Waals surface area contributed by atoms with Gasteiger partial charge in [0.25, 0.3) is 5.69 Å². The van der Waals surface area contributed by atoms with E-state index >= 15 is 0 Å². The molecule has 0 aliphatic heterocycles. The second kappa shape index (κ2) is 8.98. The van der Waals surface area contributed by atoms with Crippen LogP contribution in [0.15, 0.2) is 89.8 Å². The van der Waals surface area contributed by atoms with Gasteiger partial charge in [-0.2, -0.15) is 4.31 Å². The van der Waals surface area contributed by atoms with Crippen molar-refractivity contribution >= 4 is 15.7 Å². The van der Waals surface area contributed by atoms with Crippen LogP contribution in [0.5, 0.6) is 0 Å². The van der Waals surface area contributed by atoms with E-state index < -0.39 is 26.7 Å². The summed E-state index contributed by atoms with van der Waals surface area (Å²) < 4.78 is 28.4. The van der Waals surface area contributed by atoms with Crippen molar-refractivity contribution in [2.24, 2.45) is 0 Å². The Morgan fingerprint density at radius 2 is 1.45 bits per heavy atom. The monoisotopic (exact) mass is 410 g/mol. The van der Waals surface area contributed by atoms with Crippen molar-refractivity contribution in [1.29, 1.82) is 0 Å².